The van der Waals surface area contributed by atoms with Gasteiger partial charge in [0.2, 0.25) is 0 Å². The van der Waals surface area contributed by atoms with Crippen molar-refractivity contribution >= 4 is 7.28 Å². The van der Waals surface area contributed by atoms with Crippen molar-refractivity contribution in [2.45, 2.75) is 45.9 Å². The maximum Gasteiger partial charge on any atom is 0.153 e. The zero-order valence-electron chi connectivity index (χ0n) is 7.95. The molecule has 1 heteroatoms. The van der Waals surface area contributed by atoms with Crippen LogP contribution in [-0.4, -0.2) is 7.28 Å². The Hall–Kier alpha value is -0.195. The molecular weight excluding hydrogens is 131 g/mol. The van der Waals surface area contributed by atoms with Gasteiger partial charge in [0.05, 0.1) is 0 Å². The highest BCUT2D eigenvalue weighted by atomic mass is 14.3. The van der Waals surface area contributed by atoms with Gasteiger partial charge in [0, 0.05) is 0 Å². The molecule has 0 aromatic heterocycles. The first-order valence-corrected chi connectivity index (χ1v) is 4.93. The van der Waals surface area contributed by atoms with E-state index in [1.54, 1.807) is 0 Å². The Labute approximate surface area is 71.3 Å². The standard InChI is InChI=1S/C10H19B/c1-4-6-7-10(5-2)8-11-9(10)3/h11H,3-8H2,1-2H3. The summed E-state index contributed by atoms with van der Waals surface area (Å²) in [4.78, 5) is 0. The van der Waals surface area contributed by atoms with Gasteiger partial charge in [-0.2, -0.15) is 0 Å². The van der Waals surface area contributed by atoms with Crippen LogP contribution in [0.25, 0.3) is 0 Å². The molecule has 0 bridgehead atoms. The Morgan fingerprint density at radius 1 is 1.55 bits per heavy atom. The van der Waals surface area contributed by atoms with Crippen LogP contribution in [0, 0.1) is 5.41 Å². The Bertz CT molecular complexity index is 147. The highest BCUT2D eigenvalue weighted by Gasteiger charge is 2.38. The van der Waals surface area contributed by atoms with E-state index in [1.807, 2.05) is 0 Å². The van der Waals surface area contributed by atoms with E-state index in [0.29, 0.717) is 5.41 Å². The fourth-order valence-corrected chi connectivity index (χ4v) is 2.08. The fraction of sp³-hybridized carbons (Fsp3) is 0.800. The minimum atomic E-state index is 0.579. The van der Waals surface area contributed by atoms with Gasteiger partial charge >= 0.3 is 0 Å². The molecule has 0 N–H and O–H groups in total. The molecule has 1 heterocycles. The van der Waals surface area contributed by atoms with Crippen LogP contribution in [0.2, 0.25) is 6.32 Å². The summed E-state index contributed by atoms with van der Waals surface area (Å²) >= 11 is 0. The molecule has 1 aliphatic heterocycles. The van der Waals surface area contributed by atoms with E-state index in [1.165, 1.54) is 44.8 Å². The summed E-state index contributed by atoms with van der Waals surface area (Å²) in [6, 6.07) is 0. The molecule has 1 fully saturated rings. The monoisotopic (exact) mass is 150 g/mol. The summed E-state index contributed by atoms with van der Waals surface area (Å²) in [6.07, 6.45) is 6.81. The van der Waals surface area contributed by atoms with Crippen molar-refractivity contribution < 1.29 is 0 Å². The average molecular weight is 150 g/mol. The van der Waals surface area contributed by atoms with Gasteiger partial charge in [0.25, 0.3) is 0 Å². The Morgan fingerprint density at radius 2 is 2.27 bits per heavy atom. The van der Waals surface area contributed by atoms with Crippen molar-refractivity contribution in [3.63, 3.8) is 0 Å². The summed E-state index contributed by atoms with van der Waals surface area (Å²) in [6.45, 7) is 8.71. The van der Waals surface area contributed by atoms with E-state index >= 15 is 0 Å². The average Bonchev–Trinajstić information content (AvgIpc) is 2.04. The van der Waals surface area contributed by atoms with Gasteiger partial charge in [0.15, 0.2) is 7.28 Å². The minimum absolute atomic E-state index is 0.579. The molecule has 0 aromatic carbocycles. The third kappa shape index (κ3) is 1.52. The summed E-state index contributed by atoms with van der Waals surface area (Å²) < 4.78 is 0. The zero-order chi connectivity index (χ0) is 8.32. The first-order chi connectivity index (χ1) is 5.25. The summed E-state index contributed by atoms with van der Waals surface area (Å²) in [5.41, 5.74) is 2.10. The Morgan fingerprint density at radius 3 is 2.55 bits per heavy atom. The molecule has 1 saturated heterocycles. The van der Waals surface area contributed by atoms with Crippen LogP contribution in [0.1, 0.15) is 39.5 Å². The summed E-state index contributed by atoms with van der Waals surface area (Å²) in [5.74, 6) is 0. The van der Waals surface area contributed by atoms with Gasteiger partial charge in [-0.3, -0.25) is 0 Å². The second-order valence-electron chi connectivity index (χ2n) is 3.84. The highest BCUT2D eigenvalue weighted by Crippen LogP contribution is 2.47. The lowest BCUT2D eigenvalue weighted by Crippen LogP contribution is -2.36. The van der Waals surface area contributed by atoms with Gasteiger partial charge in [-0.1, -0.05) is 33.0 Å². The summed E-state index contributed by atoms with van der Waals surface area (Å²) in [7, 11) is 1.29. The maximum atomic E-state index is 4.14. The van der Waals surface area contributed by atoms with Crippen LogP contribution >= 0.6 is 0 Å². The van der Waals surface area contributed by atoms with Crippen molar-refractivity contribution in [2.75, 3.05) is 0 Å². The molecule has 1 unspecified atom stereocenters. The van der Waals surface area contributed by atoms with Gasteiger partial charge in [-0.15, -0.1) is 12.1 Å². The SMILES string of the molecule is C=C1BCC1(CC)CCCC. The molecule has 0 spiro atoms. The summed E-state index contributed by atoms with van der Waals surface area (Å²) in [5, 5.41) is 0. The third-order valence-corrected chi connectivity index (χ3v) is 3.34. The second kappa shape index (κ2) is 3.47. The molecule has 11 heavy (non-hydrogen) atoms. The molecule has 1 atom stereocenters. The van der Waals surface area contributed by atoms with Gasteiger partial charge in [0.1, 0.15) is 0 Å². The Balaban J connectivity index is 2.41. The number of hydrogen-bond donors (Lipinski definition) is 0. The molecule has 0 radical (unpaired) electrons. The molecule has 0 amide bonds. The van der Waals surface area contributed by atoms with E-state index < -0.39 is 0 Å². The highest BCUT2D eigenvalue weighted by molar-refractivity contribution is 6.50. The minimum Gasteiger partial charge on any atom is -0.108 e. The number of allylic oxidation sites excluding steroid dienone is 1. The normalized spacial score (nSPS) is 29.5. The molecule has 0 saturated carbocycles. The van der Waals surface area contributed by atoms with E-state index in [-0.39, 0.29) is 0 Å². The quantitative estimate of drug-likeness (QED) is 0.540. The predicted molar refractivity (Wildman–Crippen MR) is 53.3 cm³/mol. The topological polar surface area (TPSA) is 0 Å². The maximum absolute atomic E-state index is 4.14. The molecule has 62 valence electrons. The fourth-order valence-electron chi connectivity index (χ4n) is 2.08. The molecule has 1 rings (SSSR count). The van der Waals surface area contributed by atoms with Crippen LogP contribution in [0.5, 0.6) is 0 Å². The zero-order valence-corrected chi connectivity index (χ0v) is 7.95. The number of rotatable bonds is 4. The molecule has 0 nitrogen and oxygen atoms in total. The van der Waals surface area contributed by atoms with E-state index in [9.17, 15) is 0 Å². The second-order valence-corrected chi connectivity index (χ2v) is 3.84. The third-order valence-electron chi connectivity index (χ3n) is 3.34. The van der Waals surface area contributed by atoms with Crippen LogP contribution in [0.3, 0.4) is 0 Å². The molecular formula is C10H19B. The largest absolute Gasteiger partial charge is 0.153 e. The van der Waals surface area contributed by atoms with Crippen molar-refractivity contribution in [1.82, 2.24) is 0 Å². The van der Waals surface area contributed by atoms with Gasteiger partial charge in [-0.25, -0.2) is 0 Å². The van der Waals surface area contributed by atoms with E-state index in [2.05, 4.69) is 20.4 Å². The molecule has 0 aliphatic carbocycles. The lowest BCUT2D eigenvalue weighted by atomic mass is 9.37. The van der Waals surface area contributed by atoms with Crippen molar-refractivity contribution in [2.24, 2.45) is 5.41 Å². The number of hydrogen-bond acceptors (Lipinski definition) is 0. The molecule has 1 aliphatic rings. The van der Waals surface area contributed by atoms with E-state index in [0.717, 1.165) is 0 Å². The lowest BCUT2D eigenvalue weighted by molar-refractivity contribution is 0.330. The van der Waals surface area contributed by atoms with Crippen molar-refractivity contribution in [1.29, 1.82) is 0 Å². The van der Waals surface area contributed by atoms with E-state index in [4.69, 9.17) is 0 Å². The van der Waals surface area contributed by atoms with Gasteiger partial charge in [-0.05, 0) is 18.3 Å². The van der Waals surface area contributed by atoms with Crippen LogP contribution in [0.15, 0.2) is 12.1 Å². The van der Waals surface area contributed by atoms with Crippen LogP contribution in [0.4, 0.5) is 0 Å². The first-order valence-electron chi connectivity index (χ1n) is 4.93. The van der Waals surface area contributed by atoms with Crippen molar-refractivity contribution in [3.05, 3.63) is 12.1 Å². The first kappa shape index (κ1) is 8.90. The molecule has 0 aromatic rings. The van der Waals surface area contributed by atoms with Crippen molar-refractivity contribution in [3.8, 4) is 0 Å². The Kier molecular flexibility index (Phi) is 2.81. The van der Waals surface area contributed by atoms with Gasteiger partial charge < -0.3 is 0 Å². The van der Waals surface area contributed by atoms with Crippen LogP contribution in [-0.2, 0) is 0 Å². The smallest absolute Gasteiger partial charge is 0.108 e. The number of unbranched alkanes of at least 4 members (excludes halogenated alkanes) is 1. The lowest BCUT2D eigenvalue weighted by Gasteiger charge is -2.44. The predicted octanol–water partition coefficient (Wildman–Crippen LogP) is 2.96. The van der Waals surface area contributed by atoms with Crippen LogP contribution < -0.4 is 0 Å².